The predicted molar refractivity (Wildman–Crippen MR) is 85.1 cm³/mol. The van der Waals surface area contributed by atoms with Crippen molar-refractivity contribution in [3.05, 3.63) is 58.9 Å². The molecule has 3 aromatic rings. The first-order chi connectivity index (χ1) is 11.9. The smallest absolute Gasteiger partial charge is 0.433 e. The van der Waals surface area contributed by atoms with Crippen molar-refractivity contribution in [1.82, 2.24) is 15.2 Å². The number of esters is 1. The Morgan fingerprint density at radius 1 is 1.24 bits per heavy atom. The van der Waals surface area contributed by atoms with Crippen molar-refractivity contribution in [3.63, 3.8) is 0 Å². The number of nitrogens with zero attached hydrogens (tertiary/aromatic N) is 2. The summed E-state index contributed by atoms with van der Waals surface area (Å²) in [6.07, 6.45) is -3.53. The largest absolute Gasteiger partial charge is 0.461 e. The zero-order valence-electron chi connectivity index (χ0n) is 12.7. The van der Waals surface area contributed by atoms with Gasteiger partial charge < -0.3 is 4.74 Å². The zero-order chi connectivity index (χ0) is 17.9. The first-order valence-corrected chi connectivity index (χ1v) is 8.10. The second-order valence-electron chi connectivity index (χ2n) is 5.06. The number of nitrogens with one attached hydrogen (secondary N) is 1. The van der Waals surface area contributed by atoms with Gasteiger partial charge in [0.05, 0.1) is 12.8 Å². The molecule has 1 N–H and O–H groups in total. The molecule has 0 aliphatic rings. The van der Waals surface area contributed by atoms with Crippen LogP contribution in [0.3, 0.4) is 0 Å². The highest BCUT2D eigenvalue weighted by Gasteiger charge is 2.35. The molecule has 3 rings (SSSR count). The number of aromatic amines is 1. The lowest BCUT2D eigenvalue weighted by Gasteiger charge is -2.07. The second kappa shape index (κ2) is 7.06. The first-order valence-electron chi connectivity index (χ1n) is 7.22. The number of ether oxygens (including phenoxy) is 1. The third-order valence-electron chi connectivity index (χ3n) is 3.34. The van der Waals surface area contributed by atoms with E-state index in [1.165, 1.54) is 11.3 Å². The van der Waals surface area contributed by atoms with Crippen molar-refractivity contribution in [2.45, 2.75) is 12.6 Å². The molecule has 1 aromatic carbocycles. The molecular formula is C16H12F3N3O2S. The van der Waals surface area contributed by atoms with Crippen molar-refractivity contribution < 1.29 is 22.7 Å². The Balaban J connectivity index is 1.59. The highest BCUT2D eigenvalue weighted by atomic mass is 32.1. The average molecular weight is 367 g/mol. The fraction of sp³-hybridized carbons (Fsp3) is 0.188. The summed E-state index contributed by atoms with van der Waals surface area (Å²) in [7, 11) is 0. The normalized spacial score (nSPS) is 11.5. The third kappa shape index (κ3) is 4.05. The van der Waals surface area contributed by atoms with Gasteiger partial charge in [0.2, 0.25) is 0 Å². The fourth-order valence-electron chi connectivity index (χ4n) is 2.15. The summed E-state index contributed by atoms with van der Waals surface area (Å²) in [6, 6.07) is 9.32. The summed E-state index contributed by atoms with van der Waals surface area (Å²) >= 11 is 1.29. The molecule has 5 nitrogen and oxygen atoms in total. The van der Waals surface area contributed by atoms with Crippen LogP contribution in [-0.4, -0.2) is 27.8 Å². The Labute approximate surface area is 144 Å². The van der Waals surface area contributed by atoms with E-state index >= 15 is 0 Å². The van der Waals surface area contributed by atoms with Crippen LogP contribution in [0, 0.1) is 0 Å². The molecule has 2 heterocycles. The molecular weight excluding hydrogens is 355 g/mol. The van der Waals surface area contributed by atoms with Crippen molar-refractivity contribution in [2.75, 3.05) is 6.61 Å². The Hall–Kier alpha value is -2.68. The second-order valence-corrected chi connectivity index (χ2v) is 5.92. The molecule has 0 atom stereocenters. The van der Waals surface area contributed by atoms with Gasteiger partial charge in [0.15, 0.2) is 5.69 Å². The first kappa shape index (κ1) is 17.2. The number of halogens is 3. The third-order valence-corrected chi connectivity index (χ3v) is 4.23. The molecule has 0 amide bonds. The molecule has 2 aromatic heterocycles. The van der Waals surface area contributed by atoms with E-state index in [1.54, 1.807) is 5.38 Å². The number of rotatable bonds is 5. The van der Waals surface area contributed by atoms with Crippen molar-refractivity contribution >= 4 is 17.3 Å². The molecule has 0 spiro atoms. The number of alkyl halides is 3. The van der Waals surface area contributed by atoms with Gasteiger partial charge in [0.25, 0.3) is 0 Å². The van der Waals surface area contributed by atoms with Gasteiger partial charge in [0.1, 0.15) is 10.7 Å². The van der Waals surface area contributed by atoms with Gasteiger partial charge in [-0.3, -0.25) is 5.10 Å². The minimum atomic E-state index is -4.52. The van der Waals surface area contributed by atoms with E-state index in [1.807, 2.05) is 35.4 Å². The fourth-order valence-corrected chi connectivity index (χ4v) is 2.95. The predicted octanol–water partition coefficient (Wildman–Crippen LogP) is 3.95. The van der Waals surface area contributed by atoms with Crippen LogP contribution in [0.2, 0.25) is 0 Å². The van der Waals surface area contributed by atoms with Gasteiger partial charge in [-0.25, -0.2) is 9.78 Å². The lowest BCUT2D eigenvalue weighted by Crippen LogP contribution is -2.12. The van der Waals surface area contributed by atoms with E-state index in [0.29, 0.717) is 5.01 Å². The van der Waals surface area contributed by atoms with E-state index in [0.717, 1.165) is 11.8 Å². The molecule has 25 heavy (non-hydrogen) atoms. The molecule has 9 heteroatoms. The Morgan fingerprint density at radius 2 is 2.00 bits per heavy atom. The van der Waals surface area contributed by atoms with Crippen molar-refractivity contribution in [1.29, 1.82) is 0 Å². The van der Waals surface area contributed by atoms with E-state index < -0.39 is 17.8 Å². The van der Waals surface area contributed by atoms with E-state index in [2.05, 4.69) is 10.1 Å². The highest BCUT2D eigenvalue weighted by molar-refractivity contribution is 7.13. The molecule has 0 fully saturated rings. The maximum Gasteiger partial charge on any atom is 0.433 e. The van der Waals surface area contributed by atoms with Crippen LogP contribution in [-0.2, 0) is 17.3 Å². The van der Waals surface area contributed by atoms with Crippen LogP contribution in [0.1, 0.15) is 21.7 Å². The molecule has 0 bridgehead atoms. The minimum Gasteiger partial charge on any atom is -0.461 e. The number of H-pyrrole nitrogens is 1. The van der Waals surface area contributed by atoms with Gasteiger partial charge in [0, 0.05) is 22.9 Å². The zero-order valence-corrected chi connectivity index (χ0v) is 13.5. The van der Waals surface area contributed by atoms with Crippen LogP contribution >= 0.6 is 11.3 Å². The summed E-state index contributed by atoms with van der Waals surface area (Å²) < 4.78 is 43.1. The van der Waals surface area contributed by atoms with Crippen molar-refractivity contribution in [3.8, 4) is 10.6 Å². The number of carbonyl (C=O) groups excluding carboxylic acids is 1. The number of hydrogen-bond acceptors (Lipinski definition) is 5. The number of hydrogen-bond donors (Lipinski definition) is 1. The molecule has 0 unspecified atom stereocenters. The lowest BCUT2D eigenvalue weighted by atomic mass is 10.2. The topological polar surface area (TPSA) is 67.9 Å². The lowest BCUT2D eigenvalue weighted by molar-refractivity contribution is -0.141. The molecule has 0 aliphatic heterocycles. The summed E-state index contributed by atoms with van der Waals surface area (Å²) in [5.41, 5.74) is 0.0268. The van der Waals surface area contributed by atoms with Crippen LogP contribution in [0.4, 0.5) is 13.2 Å². The molecule has 130 valence electrons. The standard InChI is InChI=1S/C16H12F3N3O2S/c17-16(18,19)13-11(8-20-22-13)6-7-24-15(23)12-9-25-14(21-12)10-4-2-1-3-5-10/h1-5,8-9H,6-7H2,(H,20,22). The Kier molecular flexibility index (Phi) is 4.84. The number of thiazole rings is 1. The van der Waals surface area contributed by atoms with E-state index in [4.69, 9.17) is 4.74 Å². The molecule has 0 aliphatic carbocycles. The summed E-state index contributed by atoms with van der Waals surface area (Å²) in [5, 5.41) is 7.52. The number of carbonyl (C=O) groups is 1. The summed E-state index contributed by atoms with van der Waals surface area (Å²) in [6.45, 7) is -0.195. The average Bonchev–Trinajstić information content (AvgIpc) is 3.24. The SMILES string of the molecule is O=C(OCCc1cn[nH]c1C(F)(F)F)c1csc(-c2ccccc2)n1. The van der Waals surface area contributed by atoms with Gasteiger partial charge in [-0.05, 0) is 0 Å². The minimum absolute atomic E-state index is 0.0523. The Bertz CT molecular complexity index is 859. The van der Waals surface area contributed by atoms with Gasteiger partial charge in [-0.15, -0.1) is 11.3 Å². The molecule has 0 saturated carbocycles. The maximum absolute atomic E-state index is 12.7. The van der Waals surface area contributed by atoms with Gasteiger partial charge in [-0.1, -0.05) is 30.3 Å². The maximum atomic E-state index is 12.7. The van der Waals surface area contributed by atoms with Gasteiger partial charge >= 0.3 is 12.1 Å². The van der Waals surface area contributed by atoms with Crippen LogP contribution in [0.25, 0.3) is 10.6 Å². The summed E-state index contributed by atoms with van der Waals surface area (Å²) in [5.74, 6) is -0.671. The van der Waals surface area contributed by atoms with E-state index in [9.17, 15) is 18.0 Å². The molecule has 0 radical (unpaired) electrons. The Morgan fingerprint density at radius 3 is 2.72 bits per heavy atom. The monoisotopic (exact) mass is 367 g/mol. The van der Waals surface area contributed by atoms with Crippen molar-refractivity contribution in [2.24, 2.45) is 0 Å². The number of benzene rings is 1. The number of aromatic nitrogens is 3. The molecule has 0 saturated heterocycles. The van der Waals surface area contributed by atoms with Crippen LogP contribution < -0.4 is 0 Å². The van der Waals surface area contributed by atoms with E-state index in [-0.39, 0.29) is 24.3 Å². The highest BCUT2D eigenvalue weighted by Crippen LogP contribution is 2.30. The van der Waals surface area contributed by atoms with Crippen LogP contribution in [0.5, 0.6) is 0 Å². The van der Waals surface area contributed by atoms with Gasteiger partial charge in [-0.2, -0.15) is 18.3 Å². The quantitative estimate of drug-likeness (QED) is 0.694. The van der Waals surface area contributed by atoms with Crippen LogP contribution in [0.15, 0.2) is 41.9 Å². The summed E-state index contributed by atoms with van der Waals surface area (Å²) in [4.78, 5) is 16.2.